The standard InChI is InChI=1S/C17H13BrIN3O2S/c1-2-15(23)22-17(25)20-10-4-6-14-13(8-10)21-16(24-14)11-7-9(19)3-5-12(11)18/h3-8H,2H2,1H3,(H2,20,22,23,25). The number of aromatic nitrogens is 1. The molecule has 1 heterocycles. The molecule has 1 amide bonds. The van der Waals surface area contributed by atoms with Crippen molar-refractivity contribution in [3.05, 3.63) is 44.4 Å². The minimum absolute atomic E-state index is 0.133. The second-order valence-corrected chi connectivity index (χ2v) is 7.69. The van der Waals surface area contributed by atoms with Crippen LogP contribution in [0.15, 0.2) is 45.3 Å². The van der Waals surface area contributed by atoms with E-state index < -0.39 is 0 Å². The zero-order valence-electron chi connectivity index (χ0n) is 13.1. The topological polar surface area (TPSA) is 67.2 Å². The maximum atomic E-state index is 11.4. The van der Waals surface area contributed by atoms with Gasteiger partial charge in [0.1, 0.15) is 5.52 Å². The number of nitrogens with one attached hydrogen (secondary N) is 2. The number of thiocarbonyl (C=S) groups is 1. The summed E-state index contributed by atoms with van der Waals surface area (Å²) in [5.74, 6) is 0.408. The fraction of sp³-hybridized carbons (Fsp3) is 0.118. The molecule has 8 heteroatoms. The van der Waals surface area contributed by atoms with Crippen LogP contribution in [-0.4, -0.2) is 16.0 Å². The Bertz CT molecular complexity index is 974. The monoisotopic (exact) mass is 529 g/mol. The molecule has 25 heavy (non-hydrogen) atoms. The predicted octanol–water partition coefficient (Wildman–Crippen LogP) is 5.08. The van der Waals surface area contributed by atoms with E-state index in [2.05, 4.69) is 54.1 Å². The Morgan fingerprint density at radius 2 is 2.12 bits per heavy atom. The lowest BCUT2D eigenvalue weighted by molar-refractivity contribution is -0.119. The van der Waals surface area contributed by atoms with E-state index in [-0.39, 0.29) is 11.0 Å². The maximum absolute atomic E-state index is 11.4. The molecule has 2 aromatic carbocycles. The molecular formula is C17H13BrIN3O2S. The molecule has 0 aliphatic carbocycles. The van der Waals surface area contributed by atoms with Crippen LogP contribution in [0.3, 0.4) is 0 Å². The van der Waals surface area contributed by atoms with Crippen molar-refractivity contribution in [1.82, 2.24) is 10.3 Å². The molecule has 0 radical (unpaired) electrons. The van der Waals surface area contributed by atoms with Gasteiger partial charge in [0.05, 0.1) is 5.56 Å². The number of halogens is 2. The highest BCUT2D eigenvalue weighted by atomic mass is 127. The lowest BCUT2D eigenvalue weighted by atomic mass is 10.2. The Hall–Kier alpha value is -1.52. The maximum Gasteiger partial charge on any atom is 0.228 e. The molecule has 0 saturated heterocycles. The van der Waals surface area contributed by atoms with Gasteiger partial charge in [-0.05, 0) is 87.1 Å². The molecule has 2 N–H and O–H groups in total. The molecule has 128 valence electrons. The van der Waals surface area contributed by atoms with Crippen molar-refractivity contribution < 1.29 is 9.21 Å². The predicted molar refractivity (Wildman–Crippen MR) is 115 cm³/mol. The summed E-state index contributed by atoms with van der Waals surface area (Å²) in [6.45, 7) is 1.77. The van der Waals surface area contributed by atoms with Crippen LogP contribution in [0, 0.1) is 3.57 Å². The molecule has 1 aromatic heterocycles. The molecule has 5 nitrogen and oxygen atoms in total. The van der Waals surface area contributed by atoms with Crippen molar-refractivity contribution in [3.63, 3.8) is 0 Å². The number of benzene rings is 2. The summed E-state index contributed by atoms with van der Waals surface area (Å²) >= 11 is 10.9. The molecule has 0 unspecified atom stereocenters. The summed E-state index contributed by atoms with van der Waals surface area (Å²) in [4.78, 5) is 15.9. The second kappa shape index (κ2) is 7.79. The van der Waals surface area contributed by atoms with E-state index in [0.29, 0.717) is 23.4 Å². The summed E-state index contributed by atoms with van der Waals surface area (Å²) in [6.07, 6.45) is 0.373. The number of fused-ring (bicyclic) bond motifs is 1. The largest absolute Gasteiger partial charge is 0.436 e. The van der Waals surface area contributed by atoms with Crippen molar-refractivity contribution in [1.29, 1.82) is 0 Å². The summed E-state index contributed by atoms with van der Waals surface area (Å²) in [6, 6.07) is 11.4. The van der Waals surface area contributed by atoms with Crippen molar-refractivity contribution in [2.45, 2.75) is 13.3 Å². The molecule has 0 fully saturated rings. The van der Waals surface area contributed by atoms with Crippen LogP contribution in [0.2, 0.25) is 0 Å². The van der Waals surface area contributed by atoms with Crippen LogP contribution >= 0.6 is 50.7 Å². The van der Waals surface area contributed by atoms with E-state index >= 15 is 0 Å². The first kappa shape index (κ1) is 18.3. The number of hydrogen-bond acceptors (Lipinski definition) is 4. The van der Waals surface area contributed by atoms with Gasteiger partial charge < -0.3 is 15.1 Å². The zero-order chi connectivity index (χ0) is 18.0. The SMILES string of the molecule is CCC(=O)NC(=S)Nc1ccc2oc(-c3cc(I)ccc3Br)nc2c1. The third kappa shape index (κ3) is 4.36. The van der Waals surface area contributed by atoms with Gasteiger partial charge >= 0.3 is 0 Å². The number of anilines is 1. The second-order valence-electron chi connectivity index (χ2n) is 5.18. The summed E-state index contributed by atoms with van der Waals surface area (Å²) in [7, 11) is 0. The normalized spacial score (nSPS) is 10.7. The molecule has 0 bridgehead atoms. The molecular weight excluding hydrogens is 517 g/mol. The van der Waals surface area contributed by atoms with E-state index in [1.807, 2.05) is 36.4 Å². The van der Waals surface area contributed by atoms with Gasteiger partial charge in [0.2, 0.25) is 11.8 Å². The highest BCUT2D eigenvalue weighted by Gasteiger charge is 2.13. The van der Waals surface area contributed by atoms with Gasteiger partial charge in [-0.25, -0.2) is 4.98 Å². The summed E-state index contributed by atoms with van der Waals surface area (Å²) in [5.41, 5.74) is 3.00. The number of hydrogen-bond donors (Lipinski definition) is 2. The molecule has 0 aliphatic rings. The third-order valence-corrected chi connectivity index (χ3v) is 4.94. The van der Waals surface area contributed by atoms with Gasteiger partial charge in [0.15, 0.2) is 10.7 Å². The quantitative estimate of drug-likeness (QED) is 0.365. The first-order valence-corrected chi connectivity index (χ1v) is 9.71. The van der Waals surface area contributed by atoms with Gasteiger partial charge in [-0.2, -0.15) is 0 Å². The fourth-order valence-corrected chi connectivity index (χ4v) is 3.30. The average molecular weight is 530 g/mol. The Morgan fingerprint density at radius 1 is 1.32 bits per heavy atom. The first-order valence-electron chi connectivity index (χ1n) is 7.43. The Morgan fingerprint density at radius 3 is 2.88 bits per heavy atom. The summed E-state index contributed by atoms with van der Waals surface area (Å²) in [5, 5.41) is 5.84. The van der Waals surface area contributed by atoms with Crippen LogP contribution in [0.1, 0.15) is 13.3 Å². The lowest BCUT2D eigenvalue weighted by Gasteiger charge is -2.08. The van der Waals surface area contributed by atoms with E-state index in [1.54, 1.807) is 6.92 Å². The van der Waals surface area contributed by atoms with Gasteiger partial charge in [0, 0.05) is 20.2 Å². The van der Waals surface area contributed by atoms with Gasteiger partial charge in [-0.15, -0.1) is 0 Å². The Balaban J connectivity index is 1.88. The fourth-order valence-electron chi connectivity index (χ4n) is 2.16. The van der Waals surface area contributed by atoms with Gasteiger partial charge in [-0.1, -0.05) is 6.92 Å². The van der Waals surface area contributed by atoms with Crippen molar-refractivity contribution in [3.8, 4) is 11.5 Å². The van der Waals surface area contributed by atoms with Crippen molar-refractivity contribution in [2.75, 3.05) is 5.32 Å². The van der Waals surface area contributed by atoms with Crippen LogP contribution in [0.25, 0.3) is 22.6 Å². The molecule has 0 atom stereocenters. The van der Waals surface area contributed by atoms with E-state index in [9.17, 15) is 4.79 Å². The van der Waals surface area contributed by atoms with E-state index in [0.717, 1.165) is 19.3 Å². The number of carbonyl (C=O) groups is 1. The van der Waals surface area contributed by atoms with Crippen molar-refractivity contribution in [2.24, 2.45) is 0 Å². The first-order chi connectivity index (χ1) is 12.0. The number of rotatable bonds is 3. The third-order valence-electron chi connectivity index (χ3n) is 3.38. The van der Waals surface area contributed by atoms with Crippen LogP contribution in [0.4, 0.5) is 5.69 Å². The van der Waals surface area contributed by atoms with E-state index in [4.69, 9.17) is 16.6 Å². The smallest absolute Gasteiger partial charge is 0.228 e. The minimum Gasteiger partial charge on any atom is -0.436 e. The van der Waals surface area contributed by atoms with Gasteiger partial charge in [-0.3, -0.25) is 4.79 Å². The number of carbonyl (C=O) groups excluding carboxylic acids is 1. The minimum atomic E-state index is -0.133. The molecule has 0 saturated carbocycles. The van der Waals surface area contributed by atoms with Gasteiger partial charge in [0.25, 0.3) is 0 Å². The van der Waals surface area contributed by atoms with Crippen LogP contribution in [-0.2, 0) is 4.79 Å². The highest BCUT2D eigenvalue weighted by Crippen LogP contribution is 2.32. The van der Waals surface area contributed by atoms with E-state index in [1.165, 1.54) is 0 Å². The molecule has 0 spiro atoms. The van der Waals surface area contributed by atoms with Crippen LogP contribution < -0.4 is 10.6 Å². The van der Waals surface area contributed by atoms with Crippen LogP contribution in [0.5, 0.6) is 0 Å². The number of amides is 1. The van der Waals surface area contributed by atoms with Crippen molar-refractivity contribution >= 4 is 78.5 Å². The lowest BCUT2D eigenvalue weighted by Crippen LogP contribution is -2.33. The average Bonchev–Trinajstić information content (AvgIpc) is 2.99. The number of oxazole rings is 1. The molecule has 3 aromatic rings. The zero-order valence-corrected chi connectivity index (χ0v) is 17.7. The highest BCUT2D eigenvalue weighted by molar-refractivity contribution is 14.1. The molecule has 3 rings (SSSR count). The Kier molecular flexibility index (Phi) is 5.70. The number of nitrogens with zero attached hydrogens (tertiary/aromatic N) is 1. The Labute approximate surface area is 171 Å². The summed E-state index contributed by atoms with van der Waals surface area (Å²) < 4.78 is 7.87. The molecule has 0 aliphatic heterocycles.